The maximum atomic E-state index is 9.81. The fourth-order valence-electron chi connectivity index (χ4n) is 1.57. The highest BCUT2D eigenvalue weighted by Gasteiger charge is 2.24. The summed E-state index contributed by atoms with van der Waals surface area (Å²) >= 11 is 1.39. The molecule has 1 aromatic heterocycles. The van der Waals surface area contributed by atoms with Crippen molar-refractivity contribution in [2.45, 2.75) is 25.0 Å². The fraction of sp³-hybridized carbons (Fsp3) is 0.625. The van der Waals surface area contributed by atoms with Crippen molar-refractivity contribution in [2.75, 3.05) is 6.54 Å². The van der Waals surface area contributed by atoms with Crippen molar-refractivity contribution in [3.8, 4) is 0 Å². The average molecular weight is 184 g/mol. The van der Waals surface area contributed by atoms with Gasteiger partial charge >= 0.3 is 0 Å². The van der Waals surface area contributed by atoms with E-state index in [1.54, 1.807) is 6.20 Å². The van der Waals surface area contributed by atoms with Crippen molar-refractivity contribution < 1.29 is 5.11 Å². The molecular formula is C8H12N2OS. The Hall–Kier alpha value is -0.450. The minimum absolute atomic E-state index is 0.237. The molecule has 1 aliphatic heterocycles. The number of nitrogens with zero attached hydrogens (tertiary/aromatic N) is 1. The van der Waals surface area contributed by atoms with Crippen molar-refractivity contribution in [3.05, 3.63) is 17.1 Å². The first-order valence-electron chi connectivity index (χ1n) is 4.18. The SMILES string of the molecule is OC(c1cnsc1)[C@@H]1CCCN1. The molecule has 66 valence electrons. The van der Waals surface area contributed by atoms with Crippen LogP contribution in [0.25, 0.3) is 0 Å². The summed E-state index contributed by atoms with van der Waals surface area (Å²) in [7, 11) is 0. The predicted molar refractivity (Wildman–Crippen MR) is 48.1 cm³/mol. The third-order valence-corrected chi connectivity index (χ3v) is 2.88. The van der Waals surface area contributed by atoms with Gasteiger partial charge in [0.15, 0.2) is 0 Å². The van der Waals surface area contributed by atoms with Gasteiger partial charge in [-0.15, -0.1) is 0 Å². The maximum Gasteiger partial charge on any atom is 0.0966 e. The molecule has 0 spiro atoms. The number of rotatable bonds is 2. The van der Waals surface area contributed by atoms with Gasteiger partial charge in [-0.1, -0.05) is 0 Å². The number of aliphatic hydroxyl groups is 1. The lowest BCUT2D eigenvalue weighted by molar-refractivity contribution is 0.138. The molecule has 2 rings (SSSR count). The van der Waals surface area contributed by atoms with Crippen molar-refractivity contribution in [2.24, 2.45) is 0 Å². The molecule has 0 aromatic carbocycles. The molecule has 2 heterocycles. The van der Waals surface area contributed by atoms with Crippen LogP contribution in [0.1, 0.15) is 24.5 Å². The Balaban J connectivity index is 2.04. The Morgan fingerprint density at radius 1 is 1.75 bits per heavy atom. The van der Waals surface area contributed by atoms with Gasteiger partial charge in [0, 0.05) is 23.2 Å². The molecule has 12 heavy (non-hydrogen) atoms. The smallest absolute Gasteiger partial charge is 0.0966 e. The molecule has 0 aliphatic carbocycles. The van der Waals surface area contributed by atoms with Gasteiger partial charge in [-0.3, -0.25) is 0 Å². The first kappa shape index (κ1) is 8.16. The van der Waals surface area contributed by atoms with Crippen LogP contribution in [0, 0.1) is 0 Å². The lowest BCUT2D eigenvalue weighted by atomic mass is 10.1. The summed E-state index contributed by atoms with van der Waals surface area (Å²) in [5.41, 5.74) is 0.944. The van der Waals surface area contributed by atoms with E-state index in [-0.39, 0.29) is 12.1 Å². The molecule has 2 atom stereocenters. The summed E-state index contributed by atoms with van der Waals surface area (Å²) in [4.78, 5) is 0. The predicted octanol–water partition coefficient (Wildman–Crippen LogP) is 0.929. The molecule has 0 saturated carbocycles. The van der Waals surface area contributed by atoms with Gasteiger partial charge in [-0.25, -0.2) is 4.37 Å². The molecule has 1 aromatic rings. The Morgan fingerprint density at radius 2 is 2.67 bits per heavy atom. The molecule has 4 heteroatoms. The second-order valence-electron chi connectivity index (χ2n) is 3.11. The summed E-state index contributed by atoms with van der Waals surface area (Å²) in [6.07, 6.45) is 3.61. The van der Waals surface area contributed by atoms with Gasteiger partial charge < -0.3 is 10.4 Å². The molecule has 2 N–H and O–H groups in total. The molecule has 1 fully saturated rings. The van der Waals surface area contributed by atoms with Crippen LogP contribution in [0.4, 0.5) is 0 Å². The molecule has 1 saturated heterocycles. The number of aromatic nitrogens is 1. The highest BCUT2D eigenvalue weighted by Crippen LogP contribution is 2.23. The van der Waals surface area contributed by atoms with Gasteiger partial charge in [0.25, 0.3) is 0 Å². The zero-order valence-corrected chi connectivity index (χ0v) is 7.55. The molecular weight excluding hydrogens is 172 g/mol. The van der Waals surface area contributed by atoms with Crippen LogP contribution in [0.5, 0.6) is 0 Å². The highest BCUT2D eigenvalue weighted by molar-refractivity contribution is 7.03. The van der Waals surface area contributed by atoms with Crippen molar-refractivity contribution in [1.82, 2.24) is 9.69 Å². The van der Waals surface area contributed by atoms with Crippen LogP contribution >= 0.6 is 11.5 Å². The van der Waals surface area contributed by atoms with Gasteiger partial charge in [0.1, 0.15) is 0 Å². The van der Waals surface area contributed by atoms with Gasteiger partial charge in [-0.05, 0) is 30.9 Å². The summed E-state index contributed by atoms with van der Waals surface area (Å²) in [5, 5.41) is 15.0. The minimum Gasteiger partial charge on any atom is -0.387 e. The van der Waals surface area contributed by atoms with Crippen LogP contribution in [0.3, 0.4) is 0 Å². The molecule has 1 aliphatic rings. The monoisotopic (exact) mass is 184 g/mol. The number of hydrogen-bond donors (Lipinski definition) is 2. The van der Waals surface area contributed by atoms with E-state index in [0.717, 1.165) is 18.5 Å². The molecule has 3 nitrogen and oxygen atoms in total. The number of nitrogens with one attached hydrogen (secondary N) is 1. The van der Waals surface area contributed by atoms with E-state index in [9.17, 15) is 5.11 Å². The van der Waals surface area contributed by atoms with E-state index in [1.807, 2.05) is 5.38 Å². The lowest BCUT2D eigenvalue weighted by Crippen LogP contribution is -2.28. The topological polar surface area (TPSA) is 45.2 Å². The first-order valence-corrected chi connectivity index (χ1v) is 5.02. The van der Waals surface area contributed by atoms with Gasteiger partial charge in [0.2, 0.25) is 0 Å². The van der Waals surface area contributed by atoms with E-state index in [0.29, 0.717) is 0 Å². The van der Waals surface area contributed by atoms with Crippen LogP contribution in [-0.2, 0) is 0 Å². The highest BCUT2D eigenvalue weighted by atomic mass is 32.1. The van der Waals surface area contributed by atoms with Crippen LogP contribution < -0.4 is 5.32 Å². The second-order valence-corrected chi connectivity index (χ2v) is 3.76. The van der Waals surface area contributed by atoms with Crippen molar-refractivity contribution in [3.63, 3.8) is 0 Å². The lowest BCUT2D eigenvalue weighted by Gasteiger charge is -2.16. The van der Waals surface area contributed by atoms with Crippen molar-refractivity contribution in [1.29, 1.82) is 0 Å². The van der Waals surface area contributed by atoms with Gasteiger partial charge in [-0.2, -0.15) is 0 Å². The molecule has 0 bridgehead atoms. The maximum absolute atomic E-state index is 9.81. The minimum atomic E-state index is -0.369. The van der Waals surface area contributed by atoms with Crippen molar-refractivity contribution >= 4 is 11.5 Å². The molecule has 0 radical (unpaired) electrons. The summed E-state index contributed by atoms with van der Waals surface area (Å²) in [6.45, 7) is 1.03. The Kier molecular flexibility index (Phi) is 2.39. The molecule has 1 unspecified atom stereocenters. The van der Waals surface area contributed by atoms with Crippen LogP contribution in [0.15, 0.2) is 11.6 Å². The zero-order valence-electron chi connectivity index (χ0n) is 6.73. The standard InChI is InChI=1S/C8H12N2OS/c11-8(6-4-10-12-5-6)7-2-1-3-9-7/h4-5,7-9,11H,1-3H2/t7-,8?/m0/s1. The van der Waals surface area contributed by atoms with E-state index in [1.165, 1.54) is 18.0 Å². The Morgan fingerprint density at radius 3 is 3.25 bits per heavy atom. The van der Waals surface area contributed by atoms with E-state index in [4.69, 9.17) is 0 Å². The Labute approximate surface area is 75.6 Å². The molecule has 0 amide bonds. The summed E-state index contributed by atoms with van der Waals surface area (Å²) < 4.78 is 3.97. The number of aliphatic hydroxyl groups excluding tert-OH is 1. The summed E-state index contributed by atoms with van der Waals surface area (Å²) in [5.74, 6) is 0. The van der Waals surface area contributed by atoms with Crippen LogP contribution in [-0.4, -0.2) is 22.1 Å². The zero-order chi connectivity index (χ0) is 8.39. The van der Waals surface area contributed by atoms with Crippen LogP contribution in [0.2, 0.25) is 0 Å². The summed E-state index contributed by atoms with van der Waals surface area (Å²) in [6, 6.07) is 0.237. The first-order chi connectivity index (χ1) is 5.88. The third-order valence-electron chi connectivity index (χ3n) is 2.27. The van der Waals surface area contributed by atoms with E-state index in [2.05, 4.69) is 9.69 Å². The quantitative estimate of drug-likeness (QED) is 0.718. The fourth-order valence-corrected chi connectivity index (χ4v) is 2.14. The largest absolute Gasteiger partial charge is 0.387 e. The van der Waals surface area contributed by atoms with E-state index >= 15 is 0 Å². The second kappa shape index (κ2) is 3.51. The number of hydrogen-bond acceptors (Lipinski definition) is 4. The van der Waals surface area contributed by atoms with E-state index < -0.39 is 0 Å². The van der Waals surface area contributed by atoms with Gasteiger partial charge in [0.05, 0.1) is 6.10 Å². The third kappa shape index (κ3) is 1.50. The average Bonchev–Trinajstić information content (AvgIpc) is 2.77. The normalized spacial score (nSPS) is 25.9. The Bertz CT molecular complexity index is 231.